The van der Waals surface area contributed by atoms with Crippen LogP contribution in [0.3, 0.4) is 0 Å². The van der Waals surface area contributed by atoms with Crippen LogP contribution in [0.5, 0.6) is 0 Å². The zero-order chi connectivity index (χ0) is 13.4. The van der Waals surface area contributed by atoms with Crippen LogP contribution in [0.25, 0.3) is 11.6 Å². The van der Waals surface area contributed by atoms with Crippen LogP contribution >= 0.6 is 0 Å². The third-order valence-electron chi connectivity index (χ3n) is 3.27. The number of carbonyl (C=O) groups is 1. The van der Waals surface area contributed by atoms with E-state index in [-0.39, 0.29) is 11.7 Å². The molecule has 0 N–H and O–H groups in total. The summed E-state index contributed by atoms with van der Waals surface area (Å²) in [5.41, 5.74) is 3.28. The van der Waals surface area contributed by atoms with E-state index in [2.05, 4.69) is 0 Å². The number of anilines is 1. The molecule has 0 unspecified atom stereocenters. The van der Waals surface area contributed by atoms with Crippen LogP contribution in [0.1, 0.15) is 11.1 Å². The lowest BCUT2D eigenvalue weighted by Gasteiger charge is -2.07. The third kappa shape index (κ3) is 1.93. The van der Waals surface area contributed by atoms with Gasteiger partial charge in [-0.05, 0) is 29.8 Å². The molecule has 1 aliphatic rings. The van der Waals surface area contributed by atoms with Crippen LogP contribution in [0, 0.1) is 5.82 Å². The summed E-state index contributed by atoms with van der Waals surface area (Å²) in [6.07, 6.45) is 1.80. The van der Waals surface area contributed by atoms with Gasteiger partial charge in [-0.3, -0.25) is 4.79 Å². The van der Waals surface area contributed by atoms with Gasteiger partial charge in [-0.15, -0.1) is 0 Å². The van der Waals surface area contributed by atoms with Gasteiger partial charge in [0.05, 0.1) is 5.69 Å². The molecule has 1 heterocycles. The number of fused-ring (bicyclic) bond motifs is 1. The number of nitrogens with zero attached hydrogens (tertiary/aromatic N) is 1. The van der Waals surface area contributed by atoms with Crippen LogP contribution in [-0.2, 0) is 4.79 Å². The summed E-state index contributed by atoms with van der Waals surface area (Å²) < 4.78 is 12.9. The van der Waals surface area contributed by atoms with Gasteiger partial charge in [0.1, 0.15) is 5.82 Å². The van der Waals surface area contributed by atoms with Crippen molar-refractivity contribution in [2.75, 3.05) is 11.9 Å². The van der Waals surface area contributed by atoms with Crippen molar-refractivity contribution in [2.45, 2.75) is 0 Å². The van der Waals surface area contributed by atoms with Crippen LogP contribution in [0.4, 0.5) is 10.1 Å². The van der Waals surface area contributed by atoms with Crippen molar-refractivity contribution in [1.29, 1.82) is 0 Å². The molecule has 0 saturated carbocycles. The maximum Gasteiger partial charge on any atom is 0.258 e. The molecular formula is C16H12FNO. The highest BCUT2D eigenvalue weighted by molar-refractivity contribution is 6.35. The number of rotatable bonds is 1. The first-order valence-corrected chi connectivity index (χ1v) is 6.01. The Morgan fingerprint density at radius 3 is 2.47 bits per heavy atom. The Morgan fingerprint density at radius 2 is 1.74 bits per heavy atom. The summed E-state index contributed by atoms with van der Waals surface area (Å²) in [6.45, 7) is 0. The van der Waals surface area contributed by atoms with Gasteiger partial charge < -0.3 is 4.90 Å². The Morgan fingerprint density at radius 1 is 1.05 bits per heavy atom. The summed E-state index contributed by atoms with van der Waals surface area (Å²) >= 11 is 0. The van der Waals surface area contributed by atoms with Gasteiger partial charge in [0.25, 0.3) is 5.91 Å². The molecule has 94 valence electrons. The van der Waals surface area contributed by atoms with E-state index < -0.39 is 0 Å². The largest absolute Gasteiger partial charge is 0.311 e. The molecule has 0 spiro atoms. The highest BCUT2D eigenvalue weighted by Gasteiger charge is 2.28. The molecule has 0 bridgehead atoms. The topological polar surface area (TPSA) is 20.3 Å². The van der Waals surface area contributed by atoms with E-state index in [0.717, 1.165) is 16.8 Å². The molecule has 0 radical (unpaired) electrons. The number of hydrogen-bond donors (Lipinski definition) is 0. The van der Waals surface area contributed by atoms with E-state index in [0.29, 0.717) is 5.57 Å². The minimum Gasteiger partial charge on any atom is -0.311 e. The molecule has 0 aromatic heterocycles. The van der Waals surface area contributed by atoms with E-state index in [1.807, 2.05) is 24.3 Å². The van der Waals surface area contributed by atoms with Gasteiger partial charge in [-0.25, -0.2) is 4.39 Å². The van der Waals surface area contributed by atoms with Gasteiger partial charge >= 0.3 is 0 Å². The highest BCUT2D eigenvalue weighted by atomic mass is 19.1. The molecule has 0 aliphatic carbocycles. The fraction of sp³-hybridized carbons (Fsp3) is 0.0625. The second kappa shape index (κ2) is 4.35. The molecular weight excluding hydrogens is 241 g/mol. The number of benzene rings is 2. The fourth-order valence-electron chi connectivity index (χ4n) is 2.26. The van der Waals surface area contributed by atoms with Gasteiger partial charge in [0, 0.05) is 18.2 Å². The lowest BCUT2D eigenvalue weighted by molar-refractivity contribution is -0.112. The van der Waals surface area contributed by atoms with E-state index in [9.17, 15) is 9.18 Å². The Labute approximate surface area is 110 Å². The van der Waals surface area contributed by atoms with Crippen molar-refractivity contribution in [3.63, 3.8) is 0 Å². The lowest BCUT2D eigenvalue weighted by Crippen LogP contribution is -2.20. The van der Waals surface area contributed by atoms with Crippen molar-refractivity contribution in [3.8, 4) is 0 Å². The average Bonchev–Trinajstić information content (AvgIpc) is 2.67. The molecule has 19 heavy (non-hydrogen) atoms. The number of hydrogen-bond acceptors (Lipinski definition) is 1. The second-order valence-electron chi connectivity index (χ2n) is 4.49. The number of halogens is 1. The van der Waals surface area contributed by atoms with Gasteiger partial charge in [0.2, 0.25) is 0 Å². The average molecular weight is 253 g/mol. The Kier molecular flexibility index (Phi) is 2.67. The third-order valence-corrected chi connectivity index (χ3v) is 3.27. The zero-order valence-electron chi connectivity index (χ0n) is 10.4. The van der Waals surface area contributed by atoms with Gasteiger partial charge in [-0.2, -0.15) is 0 Å². The van der Waals surface area contributed by atoms with Crippen LogP contribution in [0.2, 0.25) is 0 Å². The number of para-hydroxylation sites is 1. The predicted octanol–water partition coefficient (Wildman–Crippen LogP) is 3.34. The fourth-order valence-corrected chi connectivity index (χ4v) is 2.26. The standard InChI is InChI=1S/C16H12FNO/c1-18-15-5-3-2-4-13(15)14(16(18)19)10-11-6-8-12(17)9-7-11/h2-10H,1H3/b14-10-. The molecule has 2 aromatic rings. The molecule has 0 atom stereocenters. The Hall–Kier alpha value is -2.42. The maximum atomic E-state index is 12.9. The van der Waals surface area contributed by atoms with Crippen molar-refractivity contribution in [2.24, 2.45) is 0 Å². The predicted molar refractivity (Wildman–Crippen MR) is 74.1 cm³/mol. The van der Waals surface area contributed by atoms with Crippen LogP contribution < -0.4 is 4.90 Å². The Balaban J connectivity index is 2.10. The lowest BCUT2D eigenvalue weighted by atomic mass is 10.0. The minimum atomic E-state index is -0.280. The minimum absolute atomic E-state index is 0.0366. The second-order valence-corrected chi connectivity index (χ2v) is 4.49. The van der Waals surface area contributed by atoms with E-state index in [1.165, 1.54) is 12.1 Å². The summed E-state index contributed by atoms with van der Waals surface area (Å²) in [4.78, 5) is 13.8. The molecule has 2 aromatic carbocycles. The van der Waals surface area contributed by atoms with Crippen molar-refractivity contribution in [1.82, 2.24) is 0 Å². The summed E-state index contributed by atoms with van der Waals surface area (Å²) in [5.74, 6) is -0.317. The van der Waals surface area contributed by atoms with Crippen LogP contribution in [-0.4, -0.2) is 13.0 Å². The maximum absolute atomic E-state index is 12.9. The van der Waals surface area contributed by atoms with Gasteiger partial charge in [0.15, 0.2) is 0 Å². The molecule has 1 aliphatic heterocycles. The number of likely N-dealkylation sites (N-methyl/N-ethyl adjacent to an activating group) is 1. The molecule has 3 rings (SSSR count). The molecule has 0 fully saturated rings. The van der Waals surface area contributed by atoms with E-state index in [1.54, 1.807) is 30.2 Å². The van der Waals surface area contributed by atoms with E-state index in [4.69, 9.17) is 0 Å². The molecule has 0 saturated heterocycles. The SMILES string of the molecule is CN1C(=O)/C(=C\c2ccc(F)cc2)c2ccccc21. The Bertz CT molecular complexity index is 673. The quantitative estimate of drug-likeness (QED) is 0.714. The van der Waals surface area contributed by atoms with E-state index >= 15 is 0 Å². The first-order valence-electron chi connectivity index (χ1n) is 6.01. The highest BCUT2D eigenvalue weighted by Crippen LogP contribution is 2.36. The number of amides is 1. The zero-order valence-corrected chi connectivity index (χ0v) is 10.4. The molecule has 1 amide bonds. The smallest absolute Gasteiger partial charge is 0.258 e. The van der Waals surface area contributed by atoms with Crippen molar-refractivity contribution < 1.29 is 9.18 Å². The van der Waals surface area contributed by atoms with Crippen LogP contribution in [0.15, 0.2) is 48.5 Å². The monoisotopic (exact) mass is 253 g/mol. The van der Waals surface area contributed by atoms with Crippen molar-refractivity contribution in [3.05, 3.63) is 65.5 Å². The molecule has 2 nitrogen and oxygen atoms in total. The summed E-state index contributed by atoms with van der Waals surface area (Å²) in [7, 11) is 1.76. The summed E-state index contributed by atoms with van der Waals surface area (Å²) in [6, 6.07) is 13.8. The van der Waals surface area contributed by atoms with Gasteiger partial charge in [-0.1, -0.05) is 30.3 Å². The first-order chi connectivity index (χ1) is 9.16. The first kappa shape index (κ1) is 11.7. The normalized spacial score (nSPS) is 16.0. The molecule has 3 heteroatoms. The number of carbonyl (C=O) groups excluding carboxylic acids is 1. The van der Waals surface area contributed by atoms with Crippen molar-refractivity contribution >= 4 is 23.2 Å². The summed E-state index contributed by atoms with van der Waals surface area (Å²) in [5, 5.41) is 0.